The first-order valence-corrected chi connectivity index (χ1v) is 13.8. The van der Waals surface area contributed by atoms with Crippen molar-refractivity contribution in [2.45, 2.75) is 27.7 Å². The van der Waals surface area contributed by atoms with Crippen LogP contribution in [0.3, 0.4) is 0 Å². The molecule has 2 aromatic rings. The number of hydrogen-bond acceptors (Lipinski definition) is 0. The van der Waals surface area contributed by atoms with E-state index in [-0.39, 0.29) is 48.0 Å². The molecule has 0 spiro atoms. The van der Waals surface area contributed by atoms with Crippen LogP contribution in [0.4, 0.5) is 0 Å². The maximum Gasteiger partial charge on any atom is 0.169 e. The number of fused-ring (bicyclic) bond motifs is 3. The summed E-state index contributed by atoms with van der Waals surface area (Å²) >= 11 is 0. The molecule has 1 aliphatic heterocycles. The molecule has 2 aromatic carbocycles. The molecule has 0 aromatic heterocycles. The fourth-order valence-electron chi connectivity index (χ4n) is 4.43. The molecule has 25 heavy (non-hydrogen) atoms. The molecule has 0 saturated carbocycles. The first-order chi connectivity index (χ1) is 11.2. The summed E-state index contributed by atoms with van der Waals surface area (Å²) in [6.07, 6.45) is 5.43. The van der Waals surface area contributed by atoms with E-state index in [1.165, 1.54) is 30.6 Å². The van der Waals surface area contributed by atoms with E-state index in [1.54, 1.807) is 21.7 Å². The highest BCUT2D eigenvalue weighted by Crippen LogP contribution is 2.75. The van der Waals surface area contributed by atoms with Crippen LogP contribution in [0.1, 0.15) is 27.7 Å². The molecule has 3 rings (SSSR count). The lowest BCUT2D eigenvalue weighted by atomic mass is 10.1. The molecular formula is C21H30I2P2. The molecular weight excluding hydrogens is 568 g/mol. The summed E-state index contributed by atoms with van der Waals surface area (Å²) < 4.78 is 0. The lowest BCUT2D eigenvalue weighted by molar-refractivity contribution is -0.001000. The Labute approximate surface area is 189 Å². The maximum atomic E-state index is 2.46. The van der Waals surface area contributed by atoms with Gasteiger partial charge >= 0.3 is 0 Å². The Morgan fingerprint density at radius 3 is 1.24 bits per heavy atom. The lowest BCUT2D eigenvalue weighted by Crippen LogP contribution is -3.00. The van der Waals surface area contributed by atoms with E-state index in [9.17, 15) is 0 Å². The Morgan fingerprint density at radius 2 is 0.920 bits per heavy atom. The van der Waals surface area contributed by atoms with Gasteiger partial charge in [-0.3, -0.25) is 0 Å². The molecule has 0 aliphatic carbocycles. The summed E-state index contributed by atoms with van der Waals surface area (Å²) in [7, 11) is -2.15. The van der Waals surface area contributed by atoms with Gasteiger partial charge in [-0.1, -0.05) is 36.4 Å². The van der Waals surface area contributed by atoms with Gasteiger partial charge in [0.25, 0.3) is 0 Å². The Hall–Kier alpha value is 0.760. The SMILES string of the molecule is CC[P+]1(CC)C[P+](CC)(CC)c2ccccc2-c2ccccc21.[I-].[I-]. The van der Waals surface area contributed by atoms with Gasteiger partial charge in [-0.15, -0.1) is 0 Å². The van der Waals surface area contributed by atoms with E-state index in [0.717, 1.165) is 0 Å². The molecule has 0 radical (unpaired) electrons. The van der Waals surface area contributed by atoms with Gasteiger partial charge in [0.2, 0.25) is 0 Å². The first-order valence-electron chi connectivity index (χ1n) is 9.08. The highest BCUT2D eigenvalue weighted by atomic mass is 127. The van der Waals surface area contributed by atoms with Crippen molar-refractivity contribution in [3.8, 4) is 11.1 Å². The van der Waals surface area contributed by atoms with Gasteiger partial charge in [0.05, 0.1) is 39.2 Å². The van der Waals surface area contributed by atoms with Crippen molar-refractivity contribution in [1.82, 2.24) is 0 Å². The molecule has 0 bridgehead atoms. The fourth-order valence-corrected chi connectivity index (χ4v) is 17.5. The molecule has 0 amide bonds. The fraction of sp³-hybridized carbons (Fsp3) is 0.429. The summed E-state index contributed by atoms with van der Waals surface area (Å²) in [6.45, 7) is 9.79. The Morgan fingerprint density at radius 1 is 0.600 bits per heavy atom. The van der Waals surface area contributed by atoms with Gasteiger partial charge < -0.3 is 48.0 Å². The van der Waals surface area contributed by atoms with Gasteiger partial charge in [0, 0.05) is 11.1 Å². The number of halogens is 2. The Bertz CT molecular complexity index is 632. The van der Waals surface area contributed by atoms with Crippen LogP contribution in [0.25, 0.3) is 11.1 Å². The molecule has 1 aliphatic rings. The van der Waals surface area contributed by atoms with Crippen molar-refractivity contribution < 1.29 is 48.0 Å². The van der Waals surface area contributed by atoms with Crippen molar-refractivity contribution in [3.63, 3.8) is 0 Å². The summed E-state index contributed by atoms with van der Waals surface area (Å²) in [5.74, 6) is 1.49. The number of hydrogen-bond donors (Lipinski definition) is 0. The van der Waals surface area contributed by atoms with Crippen LogP contribution < -0.4 is 58.6 Å². The van der Waals surface area contributed by atoms with Gasteiger partial charge in [-0.25, -0.2) is 0 Å². The zero-order chi connectivity index (χ0) is 16.5. The van der Waals surface area contributed by atoms with Gasteiger partial charge in [-0.2, -0.15) is 0 Å². The summed E-state index contributed by atoms with van der Waals surface area (Å²) in [6, 6.07) is 18.7. The van der Waals surface area contributed by atoms with Crippen LogP contribution in [-0.2, 0) is 0 Å². The topological polar surface area (TPSA) is 0 Å². The minimum atomic E-state index is -1.07. The van der Waals surface area contributed by atoms with Crippen molar-refractivity contribution in [2.24, 2.45) is 0 Å². The molecule has 0 unspecified atom stereocenters. The predicted molar refractivity (Wildman–Crippen MR) is 112 cm³/mol. The van der Waals surface area contributed by atoms with Crippen LogP contribution >= 0.6 is 14.5 Å². The molecule has 0 N–H and O–H groups in total. The van der Waals surface area contributed by atoms with Gasteiger partial charge in [0.15, 0.2) is 5.90 Å². The zero-order valence-corrected chi connectivity index (χ0v) is 21.9. The summed E-state index contributed by atoms with van der Waals surface area (Å²) in [4.78, 5) is 0. The van der Waals surface area contributed by atoms with Crippen LogP contribution in [0.15, 0.2) is 48.5 Å². The van der Waals surface area contributed by atoms with Crippen molar-refractivity contribution in [2.75, 3.05) is 30.6 Å². The van der Waals surface area contributed by atoms with Crippen molar-refractivity contribution >= 4 is 25.1 Å². The predicted octanol–water partition coefficient (Wildman–Crippen LogP) is -0.302. The number of benzene rings is 2. The van der Waals surface area contributed by atoms with Crippen LogP contribution in [0.5, 0.6) is 0 Å². The van der Waals surface area contributed by atoms with E-state index in [1.807, 2.05) is 0 Å². The van der Waals surface area contributed by atoms with Crippen molar-refractivity contribution in [3.05, 3.63) is 48.5 Å². The monoisotopic (exact) mass is 598 g/mol. The second kappa shape index (κ2) is 9.80. The largest absolute Gasteiger partial charge is 1.00 e. The molecule has 4 heteroatoms. The van der Waals surface area contributed by atoms with Crippen LogP contribution in [0, 0.1) is 0 Å². The van der Waals surface area contributed by atoms with E-state index in [4.69, 9.17) is 0 Å². The molecule has 1 heterocycles. The molecule has 138 valence electrons. The van der Waals surface area contributed by atoms with Gasteiger partial charge in [0.1, 0.15) is 10.6 Å². The standard InChI is InChI=1S/C21H30P2.2HI/c1-5-22(6-2)17-23(7-3,8-4)21-16-12-10-14-19(21)18-13-9-11-15-20(18)22;;/h9-16H,5-8,17H2,1-4H3;2*1H/q+2;;/p-2. The second-order valence-electron chi connectivity index (χ2n) is 6.73. The lowest BCUT2D eigenvalue weighted by Gasteiger charge is -2.30. The first kappa shape index (κ1) is 23.8. The zero-order valence-electron chi connectivity index (χ0n) is 15.8. The van der Waals surface area contributed by atoms with Crippen molar-refractivity contribution in [1.29, 1.82) is 0 Å². The highest BCUT2D eigenvalue weighted by molar-refractivity contribution is 7.98. The highest BCUT2D eigenvalue weighted by Gasteiger charge is 2.54. The van der Waals surface area contributed by atoms with Crippen LogP contribution in [0.2, 0.25) is 0 Å². The Balaban J connectivity index is 0.00000156. The average Bonchev–Trinajstić information content (AvgIpc) is 2.74. The third kappa shape index (κ3) is 3.98. The van der Waals surface area contributed by atoms with E-state index in [2.05, 4.69) is 76.2 Å². The molecule has 0 fully saturated rings. The summed E-state index contributed by atoms with van der Waals surface area (Å²) in [5, 5.41) is 3.42. The minimum absolute atomic E-state index is 0. The molecule has 0 atom stereocenters. The quantitative estimate of drug-likeness (QED) is 0.336. The maximum absolute atomic E-state index is 2.46. The molecule has 0 nitrogen and oxygen atoms in total. The van der Waals surface area contributed by atoms with Crippen LogP contribution in [-0.4, -0.2) is 30.6 Å². The van der Waals surface area contributed by atoms with Gasteiger partial charge in [-0.05, 0) is 39.8 Å². The smallest absolute Gasteiger partial charge is 0.169 e. The third-order valence-corrected chi connectivity index (χ3v) is 18.1. The number of rotatable bonds is 4. The normalized spacial score (nSPS) is 16.5. The summed E-state index contributed by atoms with van der Waals surface area (Å²) in [5.41, 5.74) is 3.09. The Kier molecular flexibility index (Phi) is 9.33. The second-order valence-corrected chi connectivity index (χ2v) is 15.9. The molecule has 0 saturated heterocycles. The van der Waals surface area contributed by atoms with E-state index < -0.39 is 14.5 Å². The van der Waals surface area contributed by atoms with E-state index in [0.29, 0.717) is 0 Å². The third-order valence-electron chi connectivity index (χ3n) is 6.08. The average molecular weight is 598 g/mol. The minimum Gasteiger partial charge on any atom is -1.00 e. The van der Waals surface area contributed by atoms with E-state index >= 15 is 0 Å².